The lowest BCUT2D eigenvalue weighted by molar-refractivity contribution is -0.147. The molecule has 0 aliphatic rings. The van der Waals surface area contributed by atoms with E-state index in [0.29, 0.717) is 11.3 Å². The quantitative estimate of drug-likeness (QED) is 0.794. The topological polar surface area (TPSA) is 72.2 Å². The van der Waals surface area contributed by atoms with Crippen LogP contribution in [0.3, 0.4) is 0 Å². The SMILES string of the molecule is COC(=O)C(C)Oc1ccc(/C=C/c2ccncc2C#N)cc1. The predicted molar refractivity (Wildman–Crippen MR) is 86.4 cm³/mol. The third kappa shape index (κ3) is 4.42. The van der Waals surface area contributed by atoms with Gasteiger partial charge >= 0.3 is 5.97 Å². The highest BCUT2D eigenvalue weighted by Crippen LogP contribution is 2.17. The van der Waals surface area contributed by atoms with E-state index in [0.717, 1.165) is 11.1 Å². The largest absolute Gasteiger partial charge is 0.479 e. The number of nitrogens with zero attached hydrogens (tertiary/aromatic N) is 2. The Bertz CT molecular complexity index is 746. The highest BCUT2D eigenvalue weighted by Gasteiger charge is 2.14. The number of pyridine rings is 1. The van der Waals surface area contributed by atoms with Crippen molar-refractivity contribution < 1.29 is 14.3 Å². The molecule has 0 fully saturated rings. The molecule has 1 aromatic carbocycles. The van der Waals surface area contributed by atoms with Gasteiger partial charge in [-0.25, -0.2) is 4.79 Å². The molecule has 0 spiro atoms. The Kier molecular flexibility index (Phi) is 5.48. The van der Waals surface area contributed by atoms with Crippen LogP contribution in [0, 0.1) is 11.3 Å². The molecule has 0 bridgehead atoms. The van der Waals surface area contributed by atoms with Crippen molar-refractivity contribution in [3.63, 3.8) is 0 Å². The number of ether oxygens (including phenoxy) is 2. The van der Waals surface area contributed by atoms with E-state index >= 15 is 0 Å². The molecule has 1 aromatic heterocycles. The van der Waals surface area contributed by atoms with Gasteiger partial charge in [0.25, 0.3) is 0 Å². The first-order valence-electron chi connectivity index (χ1n) is 7.01. The number of carbonyl (C=O) groups excluding carboxylic acids is 1. The number of carbonyl (C=O) groups is 1. The fourth-order valence-electron chi connectivity index (χ4n) is 1.91. The minimum atomic E-state index is -0.656. The van der Waals surface area contributed by atoms with Gasteiger partial charge in [0.05, 0.1) is 12.7 Å². The van der Waals surface area contributed by atoms with Crippen molar-refractivity contribution in [2.45, 2.75) is 13.0 Å². The van der Waals surface area contributed by atoms with Crippen molar-refractivity contribution in [1.82, 2.24) is 4.98 Å². The fraction of sp³-hybridized carbons (Fsp3) is 0.167. The number of aromatic nitrogens is 1. The van der Waals surface area contributed by atoms with Gasteiger partial charge in [-0.1, -0.05) is 24.3 Å². The van der Waals surface area contributed by atoms with Crippen molar-refractivity contribution in [1.29, 1.82) is 5.26 Å². The lowest BCUT2D eigenvalue weighted by Crippen LogP contribution is -2.24. The first kappa shape index (κ1) is 16.2. The van der Waals surface area contributed by atoms with E-state index in [1.54, 1.807) is 31.3 Å². The van der Waals surface area contributed by atoms with Crippen LogP contribution >= 0.6 is 0 Å². The van der Waals surface area contributed by atoms with Crippen molar-refractivity contribution in [2.24, 2.45) is 0 Å². The van der Waals surface area contributed by atoms with E-state index < -0.39 is 12.1 Å². The van der Waals surface area contributed by atoms with Gasteiger partial charge in [0.15, 0.2) is 6.10 Å². The molecule has 2 rings (SSSR count). The molecule has 116 valence electrons. The van der Waals surface area contributed by atoms with Crippen LogP contribution in [0.2, 0.25) is 0 Å². The molecule has 0 saturated carbocycles. The summed E-state index contributed by atoms with van der Waals surface area (Å²) in [6, 6.07) is 11.2. The maximum Gasteiger partial charge on any atom is 0.346 e. The van der Waals surface area contributed by atoms with Crippen molar-refractivity contribution >= 4 is 18.1 Å². The maximum atomic E-state index is 11.3. The molecular weight excluding hydrogens is 292 g/mol. The van der Waals surface area contributed by atoms with Crippen molar-refractivity contribution in [3.8, 4) is 11.8 Å². The van der Waals surface area contributed by atoms with Crippen LogP contribution in [0.5, 0.6) is 5.75 Å². The normalized spacial score (nSPS) is 11.7. The summed E-state index contributed by atoms with van der Waals surface area (Å²) in [6.07, 6.45) is 6.27. The van der Waals surface area contributed by atoms with Crippen LogP contribution < -0.4 is 4.74 Å². The highest BCUT2D eigenvalue weighted by atomic mass is 16.6. The van der Waals surface area contributed by atoms with E-state index in [2.05, 4.69) is 15.8 Å². The standard InChI is InChI=1S/C18H16N2O3/c1-13(18(21)22-2)23-17-7-4-14(5-8-17)3-6-15-9-10-20-12-16(15)11-19/h3-10,12-13H,1-2H3/b6-3+. The number of hydrogen-bond acceptors (Lipinski definition) is 5. The summed E-state index contributed by atoms with van der Waals surface area (Å²) in [5.41, 5.74) is 2.28. The van der Waals surface area contributed by atoms with Crippen LogP contribution in [0.15, 0.2) is 42.7 Å². The van der Waals surface area contributed by atoms with Crippen LogP contribution in [0.4, 0.5) is 0 Å². The van der Waals surface area contributed by atoms with Crippen LogP contribution in [-0.2, 0) is 9.53 Å². The number of benzene rings is 1. The Morgan fingerprint density at radius 1 is 1.26 bits per heavy atom. The first-order valence-corrected chi connectivity index (χ1v) is 7.01. The third-order valence-corrected chi connectivity index (χ3v) is 3.16. The Hall–Kier alpha value is -3.13. The van der Waals surface area contributed by atoms with Gasteiger partial charge < -0.3 is 9.47 Å². The van der Waals surface area contributed by atoms with Crippen LogP contribution in [-0.4, -0.2) is 24.2 Å². The summed E-state index contributed by atoms with van der Waals surface area (Å²) < 4.78 is 10.1. The van der Waals surface area contributed by atoms with E-state index in [-0.39, 0.29) is 0 Å². The average molecular weight is 308 g/mol. The lowest BCUT2D eigenvalue weighted by Gasteiger charge is -2.12. The van der Waals surface area contributed by atoms with Crippen LogP contribution in [0.25, 0.3) is 12.2 Å². The number of rotatable bonds is 5. The summed E-state index contributed by atoms with van der Waals surface area (Å²) in [5.74, 6) is 0.164. The molecule has 5 nitrogen and oxygen atoms in total. The van der Waals surface area contributed by atoms with Gasteiger partial charge in [-0.2, -0.15) is 5.26 Å². The lowest BCUT2D eigenvalue weighted by atomic mass is 10.1. The van der Waals surface area contributed by atoms with E-state index in [1.807, 2.05) is 24.3 Å². The molecule has 0 N–H and O–H groups in total. The van der Waals surface area contributed by atoms with Gasteiger partial charge in [0.1, 0.15) is 11.8 Å². The highest BCUT2D eigenvalue weighted by molar-refractivity contribution is 5.74. The molecule has 0 aliphatic carbocycles. The molecule has 0 saturated heterocycles. The minimum Gasteiger partial charge on any atom is -0.479 e. The second kappa shape index (κ2) is 7.76. The summed E-state index contributed by atoms with van der Waals surface area (Å²) in [5, 5.41) is 9.02. The molecule has 1 unspecified atom stereocenters. The molecule has 1 atom stereocenters. The summed E-state index contributed by atoms with van der Waals surface area (Å²) in [7, 11) is 1.32. The maximum absolute atomic E-state index is 11.3. The summed E-state index contributed by atoms with van der Waals surface area (Å²) in [6.45, 7) is 1.63. The van der Waals surface area contributed by atoms with Crippen molar-refractivity contribution in [3.05, 3.63) is 59.4 Å². The minimum absolute atomic E-state index is 0.421. The second-order valence-corrected chi connectivity index (χ2v) is 4.76. The number of hydrogen-bond donors (Lipinski definition) is 0. The average Bonchev–Trinajstić information content (AvgIpc) is 2.60. The zero-order chi connectivity index (χ0) is 16.7. The van der Waals surface area contributed by atoms with Gasteiger partial charge in [-0.15, -0.1) is 0 Å². The molecule has 1 heterocycles. The Labute approximate surface area is 134 Å². The van der Waals surface area contributed by atoms with Crippen LogP contribution in [0.1, 0.15) is 23.6 Å². The van der Waals surface area contributed by atoms with Gasteiger partial charge in [-0.05, 0) is 36.2 Å². The molecule has 23 heavy (non-hydrogen) atoms. The summed E-state index contributed by atoms with van der Waals surface area (Å²) in [4.78, 5) is 15.2. The molecule has 5 heteroatoms. The molecule has 2 aromatic rings. The van der Waals surface area contributed by atoms with Gasteiger partial charge in [0, 0.05) is 12.4 Å². The first-order chi connectivity index (χ1) is 11.1. The van der Waals surface area contributed by atoms with E-state index in [9.17, 15) is 4.79 Å². The van der Waals surface area contributed by atoms with Gasteiger partial charge in [0.2, 0.25) is 0 Å². The fourth-order valence-corrected chi connectivity index (χ4v) is 1.91. The molecule has 0 aliphatic heterocycles. The number of methoxy groups -OCH3 is 1. The Morgan fingerprint density at radius 2 is 2.00 bits per heavy atom. The van der Waals surface area contributed by atoms with Crippen molar-refractivity contribution in [2.75, 3.05) is 7.11 Å². The monoisotopic (exact) mass is 308 g/mol. The Balaban J connectivity index is 2.07. The molecule has 0 radical (unpaired) electrons. The zero-order valence-electron chi connectivity index (χ0n) is 12.9. The van der Waals surface area contributed by atoms with Gasteiger partial charge in [-0.3, -0.25) is 4.98 Å². The number of nitriles is 1. The second-order valence-electron chi connectivity index (χ2n) is 4.76. The number of esters is 1. The molecular formula is C18H16N2O3. The zero-order valence-corrected chi connectivity index (χ0v) is 12.9. The van der Waals surface area contributed by atoms with E-state index in [4.69, 9.17) is 10.00 Å². The smallest absolute Gasteiger partial charge is 0.346 e. The van der Waals surface area contributed by atoms with E-state index in [1.165, 1.54) is 13.3 Å². The Morgan fingerprint density at radius 3 is 2.65 bits per heavy atom. The third-order valence-electron chi connectivity index (χ3n) is 3.16. The summed E-state index contributed by atoms with van der Waals surface area (Å²) >= 11 is 0. The predicted octanol–water partition coefficient (Wildman–Crippen LogP) is 3.06. The molecule has 0 amide bonds.